The molecule has 2 aliphatic heterocycles. The van der Waals surface area contributed by atoms with Gasteiger partial charge in [-0.2, -0.15) is 0 Å². The predicted octanol–water partition coefficient (Wildman–Crippen LogP) is 4.91. The minimum atomic E-state index is -0.816. The highest BCUT2D eigenvalue weighted by molar-refractivity contribution is 6.24. The molecule has 13 nitrogen and oxygen atoms in total. The number of halogens is 1. The first-order chi connectivity index (χ1) is 26.7. The van der Waals surface area contributed by atoms with Crippen molar-refractivity contribution in [2.45, 2.75) is 25.2 Å². The average Bonchev–Trinajstić information content (AvgIpc) is 3.84. The van der Waals surface area contributed by atoms with Crippen LogP contribution < -0.4 is 38.5 Å². The van der Waals surface area contributed by atoms with Crippen LogP contribution in [-0.4, -0.2) is 71.0 Å². The van der Waals surface area contributed by atoms with Crippen molar-refractivity contribution in [2.75, 3.05) is 48.9 Å². The third-order valence-electron chi connectivity index (χ3n) is 10.4. The van der Waals surface area contributed by atoms with Gasteiger partial charge in [0, 0.05) is 40.2 Å². The van der Waals surface area contributed by atoms with E-state index in [0.29, 0.717) is 62.1 Å². The Labute approximate surface area is 316 Å². The number of ether oxygens (including phenoxy) is 8. The first-order valence-corrected chi connectivity index (χ1v) is 17.4. The highest BCUT2D eigenvalue weighted by Crippen LogP contribution is 2.55. The Morgan fingerprint density at radius 3 is 2.09 bits per heavy atom. The van der Waals surface area contributed by atoms with E-state index in [1.165, 1.54) is 53.8 Å². The SMILES string of the molecule is COc1ccc(/C=C(/C(=O)N[C@@H]2c3cc4c(cc3[C@@H](c3cc(CO)c(OC)c(OC)c3)[C@H]3C(=O)OC[C@@H]32)OCO4)c2cc(CO)c(OC)c(OC)c2)c(F)c1. The van der Waals surface area contributed by atoms with Crippen molar-refractivity contribution >= 4 is 23.5 Å². The molecule has 3 N–H and O–H groups in total. The Kier molecular flexibility index (Phi) is 10.5. The molecule has 2 heterocycles. The summed E-state index contributed by atoms with van der Waals surface area (Å²) in [6, 6.07) is 13.7. The van der Waals surface area contributed by atoms with Crippen LogP contribution in [0.15, 0.2) is 54.6 Å². The Morgan fingerprint density at radius 1 is 0.818 bits per heavy atom. The molecular weight excluding hydrogens is 717 g/mol. The molecule has 1 saturated heterocycles. The average molecular weight is 758 g/mol. The second-order valence-corrected chi connectivity index (χ2v) is 13.1. The van der Waals surface area contributed by atoms with E-state index < -0.39 is 48.1 Å². The molecule has 4 aromatic rings. The van der Waals surface area contributed by atoms with Crippen LogP contribution in [0.4, 0.5) is 4.39 Å². The summed E-state index contributed by atoms with van der Waals surface area (Å²) in [6.07, 6.45) is 1.40. The molecule has 0 spiro atoms. The highest BCUT2D eigenvalue weighted by atomic mass is 19.1. The van der Waals surface area contributed by atoms with Gasteiger partial charge in [0.2, 0.25) is 6.79 Å². The van der Waals surface area contributed by atoms with Crippen LogP contribution in [0, 0.1) is 17.7 Å². The normalized spacial score (nSPS) is 19.6. The van der Waals surface area contributed by atoms with Gasteiger partial charge in [-0.15, -0.1) is 0 Å². The lowest BCUT2D eigenvalue weighted by molar-refractivity contribution is -0.141. The molecule has 0 unspecified atom stereocenters. The third kappa shape index (κ3) is 6.61. The number of nitrogens with one attached hydrogen (secondary N) is 1. The smallest absolute Gasteiger partial charge is 0.310 e. The number of carbonyl (C=O) groups is 2. The molecule has 3 aliphatic rings. The fourth-order valence-corrected chi connectivity index (χ4v) is 7.83. The number of hydrogen-bond donors (Lipinski definition) is 3. The van der Waals surface area contributed by atoms with Crippen molar-refractivity contribution in [3.05, 3.63) is 99.4 Å². The number of amides is 1. The van der Waals surface area contributed by atoms with Crippen molar-refractivity contribution in [3.8, 4) is 40.2 Å². The fraction of sp³-hybridized carbons (Fsp3) is 0.317. The maximum absolute atomic E-state index is 15.5. The van der Waals surface area contributed by atoms with E-state index in [-0.39, 0.29) is 42.6 Å². The monoisotopic (exact) mass is 757 g/mol. The standard InChI is InChI=1S/C41H40FNO12/c1-48-25-7-6-20(30(42)13-25)10-26(21-8-23(16-44)38(51-4)33(11-21)49-2)40(46)43-37-28-15-32-31(54-19-55-32)14-27(28)35(36-29(37)18-53-41(36)47)22-9-24(17-45)39(52-5)34(12-22)50-3/h6-15,29,35-37,44-45H,16-19H2,1-5H3,(H,43,46)/b26-10+/t29-,35+,36-,37+/m0/s1. The van der Waals surface area contributed by atoms with E-state index in [2.05, 4.69) is 5.32 Å². The first kappa shape index (κ1) is 37.3. The number of hydrogen-bond acceptors (Lipinski definition) is 12. The Morgan fingerprint density at radius 2 is 1.47 bits per heavy atom. The van der Waals surface area contributed by atoms with Crippen LogP contribution in [0.3, 0.4) is 0 Å². The van der Waals surface area contributed by atoms with E-state index >= 15 is 4.39 Å². The Hall–Kier alpha value is -5.99. The van der Waals surface area contributed by atoms with E-state index in [1.807, 2.05) is 0 Å². The molecule has 1 amide bonds. The van der Waals surface area contributed by atoms with E-state index in [4.69, 9.17) is 37.9 Å². The molecule has 4 atom stereocenters. The molecule has 1 fully saturated rings. The summed E-state index contributed by atoms with van der Waals surface area (Å²) in [5.74, 6) is -1.30. The quantitative estimate of drug-likeness (QED) is 0.102. The summed E-state index contributed by atoms with van der Waals surface area (Å²) in [5, 5.41) is 23.7. The van der Waals surface area contributed by atoms with Crippen LogP contribution in [0.1, 0.15) is 50.9 Å². The Bertz CT molecular complexity index is 2130. The summed E-state index contributed by atoms with van der Waals surface area (Å²) >= 11 is 0. The number of benzene rings is 4. The molecule has 0 radical (unpaired) electrons. The van der Waals surface area contributed by atoms with E-state index in [0.717, 1.165) is 0 Å². The summed E-state index contributed by atoms with van der Waals surface area (Å²) in [6.45, 7) is -0.840. The number of aliphatic hydroxyl groups excluding tert-OH is 2. The van der Waals surface area contributed by atoms with Gasteiger partial charge in [0.1, 0.15) is 11.6 Å². The van der Waals surface area contributed by atoms with E-state index in [9.17, 15) is 19.8 Å². The summed E-state index contributed by atoms with van der Waals surface area (Å²) in [5.41, 5.74) is 3.14. The third-order valence-corrected chi connectivity index (χ3v) is 10.4. The molecule has 1 aliphatic carbocycles. The molecule has 55 heavy (non-hydrogen) atoms. The van der Waals surface area contributed by atoms with Crippen molar-refractivity contribution in [2.24, 2.45) is 11.8 Å². The van der Waals surface area contributed by atoms with E-state index in [1.54, 1.807) is 42.5 Å². The number of carbonyl (C=O) groups excluding carboxylic acids is 2. The van der Waals surface area contributed by atoms with Crippen molar-refractivity contribution in [3.63, 3.8) is 0 Å². The molecule has 0 bridgehead atoms. The lowest BCUT2D eigenvalue weighted by Gasteiger charge is -2.39. The van der Waals surface area contributed by atoms with Crippen molar-refractivity contribution in [1.29, 1.82) is 0 Å². The topological polar surface area (TPSA) is 160 Å². The number of cyclic esters (lactones) is 1. The number of methoxy groups -OCH3 is 5. The zero-order valence-corrected chi connectivity index (χ0v) is 30.8. The van der Waals surface area contributed by atoms with Crippen LogP contribution in [0.25, 0.3) is 11.6 Å². The molecule has 288 valence electrons. The number of rotatable bonds is 12. The van der Waals surface area contributed by atoms with Gasteiger partial charge in [0.05, 0.1) is 67.3 Å². The van der Waals surface area contributed by atoms with Crippen LogP contribution in [0.5, 0.6) is 40.2 Å². The highest BCUT2D eigenvalue weighted by Gasteiger charge is 2.53. The van der Waals surface area contributed by atoms with Gasteiger partial charge in [0.15, 0.2) is 34.5 Å². The largest absolute Gasteiger partial charge is 0.497 e. The minimum absolute atomic E-state index is 0.0177. The van der Waals surface area contributed by atoms with Crippen LogP contribution in [-0.2, 0) is 27.5 Å². The molecule has 7 rings (SSSR count). The predicted molar refractivity (Wildman–Crippen MR) is 195 cm³/mol. The molecule has 14 heteroatoms. The molecular formula is C41H40FNO12. The number of fused-ring (bicyclic) bond motifs is 3. The van der Waals surface area contributed by atoms with Gasteiger partial charge in [-0.3, -0.25) is 9.59 Å². The zero-order chi connectivity index (χ0) is 39.0. The van der Waals surface area contributed by atoms with Gasteiger partial charge >= 0.3 is 5.97 Å². The maximum atomic E-state index is 15.5. The molecule has 4 aromatic carbocycles. The first-order valence-electron chi connectivity index (χ1n) is 17.4. The lowest BCUT2D eigenvalue weighted by Crippen LogP contribution is -2.43. The molecule has 0 aromatic heterocycles. The molecule has 0 saturated carbocycles. The second kappa shape index (κ2) is 15.4. The van der Waals surface area contributed by atoms with Gasteiger partial charge in [-0.05, 0) is 76.9 Å². The van der Waals surface area contributed by atoms with Gasteiger partial charge in [-0.1, -0.05) is 0 Å². The zero-order valence-electron chi connectivity index (χ0n) is 30.8. The van der Waals surface area contributed by atoms with Crippen LogP contribution in [0.2, 0.25) is 0 Å². The summed E-state index contributed by atoms with van der Waals surface area (Å²) in [7, 11) is 7.24. The minimum Gasteiger partial charge on any atom is -0.497 e. The maximum Gasteiger partial charge on any atom is 0.310 e. The summed E-state index contributed by atoms with van der Waals surface area (Å²) < 4.78 is 60.2. The van der Waals surface area contributed by atoms with Gasteiger partial charge in [0.25, 0.3) is 5.91 Å². The van der Waals surface area contributed by atoms with Gasteiger partial charge < -0.3 is 53.4 Å². The number of aliphatic hydroxyl groups is 2. The summed E-state index contributed by atoms with van der Waals surface area (Å²) in [4.78, 5) is 28.6. The van der Waals surface area contributed by atoms with Gasteiger partial charge in [-0.25, -0.2) is 4.39 Å². The van der Waals surface area contributed by atoms with Crippen molar-refractivity contribution in [1.82, 2.24) is 5.32 Å². The fourth-order valence-electron chi connectivity index (χ4n) is 7.83. The number of esters is 1. The lowest BCUT2D eigenvalue weighted by atomic mass is 9.65. The van der Waals surface area contributed by atoms with Crippen molar-refractivity contribution < 1.29 is 62.1 Å². The second-order valence-electron chi connectivity index (χ2n) is 13.1. The Balaban J connectivity index is 1.39. The van der Waals surface area contributed by atoms with Crippen LogP contribution >= 0.6 is 0 Å².